The molecule has 0 aromatic carbocycles. The standard InChI is InChI=1S/C9H15NO2/c1-6-4-8(11)5-10(6)9(12)7-2-3-7/h6-8,11H,2-5H2,1H3. The first kappa shape index (κ1) is 8.05. The Morgan fingerprint density at radius 1 is 1.50 bits per heavy atom. The van der Waals surface area contributed by atoms with Gasteiger partial charge in [-0.1, -0.05) is 0 Å². The molecule has 1 N–H and O–H groups in total. The minimum absolute atomic E-state index is 0.244. The van der Waals surface area contributed by atoms with Crippen LogP contribution in [-0.4, -0.2) is 34.6 Å². The number of hydrogen-bond donors (Lipinski definition) is 1. The molecule has 0 aromatic rings. The zero-order valence-electron chi connectivity index (χ0n) is 7.36. The molecule has 0 aromatic heterocycles. The van der Waals surface area contributed by atoms with Crippen LogP contribution in [0, 0.1) is 5.92 Å². The van der Waals surface area contributed by atoms with Crippen LogP contribution in [0.15, 0.2) is 0 Å². The van der Waals surface area contributed by atoms with Gasteiger partial charge in [-0.25, -0.2) is 0 Å². The monoisotopic (exact) mass is 169 g/mol. The quantitative estimate of drug-likeness (QED) is 0.616. The number of nitrogens with zero attached hydrogens (tertiary/aromatic N) is 1. The molecule has 2 rings (SSSR count). The van der Waals surface area contributed by atoms with E-state index in [2.05, 4.69) is 0 Å². The Hall–Kier alpha value is -0.570. The van der Waals surface area contributed by atoms with Crippen LogP contribution in [-0.2, 0) is 4.79 Å². The molecule has 0 bridgehead atoms. The Labute approximate surface area is 72.4 Å². The number of rotatable bonds is 1. The van der Waals surface area contributed by atoms with E-state index < -0.39 is 0 Å². The minimum atomic E-state index is -0.289. The van der Waals surface area contributed by atoms with Gasteiger partial charge in [-0.3, -0.25) is 4.79 Å². The van der Waals surface area contributed by atoms with Crippen molar-refractivity contribution in [1.29, 1.82) is 0 Å². The van der Waals surface area contributed by atoms with Crippen molar-refractivity contribution in [3.63, 3.8) is 0 Å². The molecule has 2 unspecified atom stereocenters. The lowest BCUT2D eigenvalue weighted by molar-refractivity contribution is -0.133. The third-order valence-electron chi connectivity index (χ3n) is 2.76. The average Bonchev–Trinajstić information content (AvgIpc) is 2.77. The second-order valence-electron chi connectivity index (χ2n) is 4.00. The maximum atomic E-state index is 11.6. The molecule has 1 amide bonds. The van der Waals surface area contributed by atoms with Gasteiger partial charge in [0, 0.05) is 18.5 Å². The summed E-state index contributed by atoms with van der Waals surface area (Å²) in [5, 5.41) is 9.33. The number of likely N-dealkylation sites (tertiary alicyclic amines) is 1. The van der Waals surface area contributed by atoms with Crippen LogP contribution in [0.4, 0.5) is 0 Å². The topological polar surface area (TPSA) is 40.5 Å². The summed E-state index contributed by atoms with van der Waals surface area (Å²) in [6.07, 6.45) is 2.57. The van der Waals surface area contributed by atoms with E-state index in [1.165, 1.54) is 0 Å². The molecule has 0 radical (unpaired) electrons. The van der Waals surface area contributed by atoms with Crippen LogP contribution >= 0.6 is 0 Å². The lowest BCUT2D eigenvalue weighted by Crippen LogP contribution is -2.35. The molecular weight excluding hydrogens is 154 g/mol. The number of aliphatic hydroxyl groups excluding tert-OH is 1. The number of carbonyl (C=O) groups excluding carboxylic acids is 1. The summed E-state index contributed by atoms with van der Waals surface area (Å²) in [7, 11) is 0. The summed E-state index contributed by atoms with van der Waals surface area (Å²) < 4.78 is 0. The zero-order valence-corrected chi connectivity index (χ0v) is 7.36. The summed E-state index contributed by atoms with van der Waals surface area (Å²) in [6, 6.07) is 0.244. The molecule has 2 aliphatic rings. The predicted octanol–water partition coefficient (Wildman–Crippen LogP) is 0.378. The van der Waals surface area contributed by atoms with Gasteiger partial charge in [0.2, 0.25) is 5.91 Å². The number of carbonyl (C=O) groups is 1. The number of β-amino-alcohol motifs (C(OH)–C–C–N with tert-alkyl or cyclic N) is 1. The molecule has 1 heterocycles. The van der Waals surface area contributed by atoms with Crippen molar-refractivity contribution >= 4 is 5.91 Å². The summed E-state index contributed by atoms with van der Waals surface area (Å²) in [5.74, 6) is 0.553. The SMILES string of the molecule is CC1CC(O)CN1C(=O)C1CC1. The third kappa shape index (κ3) is 1.33. The highest BCUT2D eigenvalue weighted by molar-refractivity contribution is 5.81. The third-order valence-corrected chi connectivity index (χ3v) is 2.76. The number of amides is 1. The first-order valence-corrected chi connectivity index (χ1v) is 4.67. The summed E-state index contributed by atoms with van der Waals surface area (Å²) in [6.45, 7) is 2.56. The van der Waals surface area contributed by atoms with E-state index in [1.807, 2.05) is 11.8 Å². The van der Waals surface area contributed by atoms with Gasteiger partial charge in [-0.15, -0.1) is 0 Å². The van der Waals surface area contributed by atoms with Crippen molar-refractivity contribution in [3.8, 4) is 0 Å². The molecule has 2 atom stereocenters. The van der Waals surface area contributed by atoms with Gasteiger partial charge in [0.15, 0.2) is 0 Å². The van der Waals surface area contributed by atoms with Crippen molar-refractivity contribution in [2.75, 3.05) is 6.54 Å². The number of hydrogen-bond acceptors (Lipinski definition) is 2. The second-order valence-corrected chi connectivity index (χ2v) is 4.00. The molecule has 68 valence electrons. The summed E-state index contributed by atoms with van der Waals surface area (Å²) in [5.41, 5.74) is 0. The highest BCUT2D eigenvalue weighted by Crippen LogP contribution is 2.33. The molecule has 1 saturated carbocycles. The normalized spacial score (nSPS) is 35.7. The fraction of sp³-hybridized carbons (Fsp3) is 0.889. The fourth-order valence-corrected chi connectivity index (χ4v) is 1.87. The van der Waals surface area contributed by atoms with Crippen molar-refractivity contribution in [2.24, 2.45) is 5.92 Å². The molecule has 0 spiro atoms. The molecule has 12 heavy (non-hydrogen) atoms. The Kier molecular flexibility index (Phi) is 1.83. The number of aliphatic hydroxyl groups is 1. The van der Waals surface area contributed by atoms with Crippen LogP contribution in [0.3, 0.4) is 0 Å². The maximum Gasteiger partial charge on any atom is 0.226 e. The fourth-order valence-electron chi connectivity index (χ4n) is 1.87. The van der Waals surface area contributed by atoms with Gasteiger partial charge in [-0.2, -0.15) is 0 Å². The van der Waals surface area contributed by atoms with E-state index in [4.69, 9.17) is 0 Å². The van der Waals surface area contributed by atoms with E-state index in [9.17, 15) is 9.90 Å². The average molecular weight is 169 g/mol. The predicted molar refractivity (Wildman–Crippen MR) is 44.5 cm³/mol. The van der Waals surface area contributed by atoms with Crippen LogP contribution in [0.5, 0.6) is 0 Å². The zero-order chi connectivity index (χ0) is 8.72. The van der Waals surface area contributed by atoms with Crippen LogP contribution in [0.25, 0.3) is 0 Å². The van der Waals surface area contributed by atoms with E-state index in [-0.39, 0.29) is 24.0 Å². The second kappa shape index (κ2) is 2.73. The van der Waals surface area contributed by atoms with Gasteiger partial charge >= 0.3 is 0 Å². The van der Waals surface area contributed by atoms with Gasteiger partial charge in [0.1, 0.15) is 0 Å². The first-order chi connectivity index (χ1) is 5.68. The smallest absolute Gasteiger partial charge is 0.226 e. The minimum Gasteiger partial charge on any atom is -0.391 e. The van der Waals surface area contributed by atoms with Crippen molar-refractivity contribution in [1.82, 2.24) is 4.90 Å². The van der Waals surface area contributed by atoms with Gasteiger partial charge < -0.3 is 10.0 Å². The van der Waals surface area contributed by atoms with Gasteiger partial charge in [-0.05, 0) is 26.2 Å². The van der Waals surface area contributed by atoms with Gasteiger partial charge in [0.25, 0.3) is 0 Å². The first-order valence-electron chi connectivity index (χ1n) is 4.67. The largest absolute Gasteiger partial charge is 0.391 e. The molecule has 1 aliphatic heterocycles. The molecule has 3 nitrogen and oxygen atoms in total. The van der Waals surface area contributed by atoms with Crippen molar-refractivity contribution < 1.29 is 9.90 Å². The van der Waals surface area contributed by atoms with E-state index >= 15 is 0 Å². The molecular formula is C9H15NO2. The Balaban J connectivity index is 1.98. The van der Waals surface area contributed by atoms with Crippen LogP contribution in [0.2, 0.25) is 0 Å². The molecule has 3 heteroatoms. The van der Waals surface area contributed by atoms with E-state index in [0.717, 1.165) is 19.3 Å². The molecule has 1 aliphatic carbocycles. The van der Waals surface area contributed by atoms with Crippen molar-refractivity contribution in [3.05, 3.63) is 0 Å². The van der Waals surface area contributed by atoms with E-state index in [0.29, 0.717) is 6.54 Å². The Bertz CT molecular complexity index is 201. The maximum absolute atomic E-state index is 11.6. The van der Waals surface area contributed by atoms with Crippen LogP contribution in [0.1, 0.15) is 26.2 Å². The van der Waals surface area contributed by atoms with Gasteiger partial charge in [0.05, 0.1) is 6.10 Å². The highest BCUT2D eigenvalue weighted by atomic mass is 16.3. The lowest BCUT2D eigenvalue weighted by atomic mass is 10.2. The van der Waals surface area contributed by atoms with Crippen molar-refractivity contribution in [2.45, 2.75) is 38.3 Å². The highest BCUT2D eigenvalue weighted by Gasteiger charge is 2.39. The Morgan fingerprint density at radius 2 is 2.17 bits per heavy atom. The molecule has 2 fully saturated rings. The summed E-state index contributed by atoms with van der Waals surface area (Å²) in [4.78, 5) is 13.4. The lowest BCUT2D eigenvalue weighted by Gasteiger charge is -2.20. The van der Waals surface area contributed by atoms with Crippen LogP contribution < -0.4 is 0 Å². The summed E-state index contributed by atoms with van der Waals surface area (Å²) >= 11 is 0. The Morgan fingerprint density at radius 3 is 2.58 bits per heavy atom. The molecule has 1 saturated heterocycles. The van der Waals surface area contributed by atoms with E-state index in [1.54, 1.807) is 0 Å².